The lowest BCUT2D eigenvalue weighted by Gasteiger charge is -2.21. The maximum Gasteiger partial charge on any atom is 0.224 e. The van der Waals surface area contributed by atoms with E-state index in [2.05, 4.69) is 29.4 Å². The van der Waals surface area contributed by atoms with Gasteiger partial charge in [-0.3, -0.25) is 4.79 Å². The molecule has 0 aliphatic carbocycles. The largest absolute Gasteiger partial charge is 0.355 e. The topological polar surface area (TPSA) is 58.4 Å². The van der Waals surface area contributed by atoms with Crippen LogP contribution in [0.1, 0.15) is 24.1 Å². The Labute approximate surface area is 144 Å². The molecule has 4 nitrogen and oxygen atoms in total. The van der Waals surface area contributed by atoms with Gasteiger partial charge in [-0.25, -0.2) is 0 Å². The van der Waals surface area contributed by atoms with E-state index in [1.165, 1.54) is 5.56 Å². The quantitative estimate of drug-likeness (QED) is 0.784. The smallest absolute Gasteiger partial charge is 0.224 e. The second kappa shape index (κ2) is 9.21. The average Bonchev–Trinajstić information content (AvgIpc) is 2.62. The van der Waals surface area contributed by atoms with Gasteiger partial charge in [-0.05, 0) is 18.2 Å². The number of carbonyl (C=O) groups excluding carboxylic acids is 1. The van der Waals surface area contributed by atoms with Gasteiger partial charge in [0.15, 0.2) is 0 Å². The Kier molecular flexibility index (Phi) is 6.97. The second-order valence-corrected chi connectivity index (χ2v) is 6.24. The Bertz CT molecular complexity index is 615. The average molecular weight is 325 g/mol. The van der Waals surface area contributed by atoms with E-state index in [1.807, 2.05) is 55.5 Å². The van der Waals surface area contributed by atoms with Gasteiger partial charge in [-0.2, -0.15) is 0 Å². The second-order valence-electron chi connectivity index (χ2n) is 6.24. The zero-order chi connectivity index (χ0) is 17.4. The summed E-state index contributed by atoms with van der Waals surface area (Å²) >= 11 is 0. The molecule has 0 fully saturated rings. The van der Waals surface area contributed by atoms with Crippen LogP contribution in [0.4, 0.5) is 0 Å². The molecule has 128 valence electrons. The molecule has 2 atom stereocenters. The third kappa shape index (κ3) is 5.48. The summed E-state index contributed by atoms with van der Waals surface area (Å²) in [6.07, 6.45) is 0. The lowest BCUT2D eigenvalue weighted by atomic mass is 9.95. The number of benzene rings is 2. The Balaban J connectivity index is 1.74. The molecule has 2 rings (SSSR count). The van der Waals surface area contributed by atoms with Crippen molar-refractivity contribution in [3.63, 3.8) is 0 Å². The highest BCUT2D eigenvalue weighted by Crippen LogP contribution is 2.18. The molecule has 0 saturated heterocycles. The molecule has 4 heteroatoms. The highest BCUT2D eigenvalue weighted by Gasteiger charge is 2.21. The number of amides is 1. The SMILES string of the molecule is CC(C(=O)NCCN(C)Cc1ccccc1)C(N)c1ccccc1. The fourth-order valence-corrected chi connectivity index (χ4v) is 2.63. The fourth-order valence-electron chi connectivity index (χ4n) is 2.63. The van der Waals surface area contributed by atoms with E-state index in [0.29, 0.717) is 6.54 Å². The molecule has 0 radical (unpaired) electrons. The van der Waals surface area contributed by atoms with Crippen molar-refractivity contribution in [1.82, 2.24) is 10.2 Å². The first-order valence-electron chi connectivity index (χ1n) is 8.38. The Hall–Kier alpha value is -2.17. The maximum absolute atomic E-state index is 12.3. The standard InChI is InChI=1S/C20H27N3O/c1-16(19(21)18-11-7-4-8-12-18)20(24)22-13-14-23(2)15-17-9-5-3-6-10-17/h3-12,16,19H,13-15,21H2,1-2H3,(H,22,24). The molecule has 0 aliphatic rings. The summed E-state index contributed by atoms with van der Waals surface area (Å²) < 4.78 is 0. The number of nitrogens with two attached hydrogens (primary N) is 1. The van der Waals surface area contributed by atoms with Crippen molar-refractivity contribution < 1.29 is 4.79 Å². The molecule has 2 aromatic rings. The number of nitrogens with zero attached hydrogens (tertiary/aromatic N) is 1. The monoisotopic (exact) mass is 325 g/mol. The van der Waals surface area contributed by atoms with Crippen molar-refractivity contribution in [2.45, 2.75) is 19.5 Å². The van der Waals surface area contributed by atoms with Crippen molar-refractivity contribution in [2.24, 2.45) is 11.7 Å². The van der Waals surface area contributed by atoms with Gasteiger partial charge in [0.25, 0.3) is 0 Å². The predicted octanol–water partition coefficient (Wildman–Crippen LogP) is 2.57. The van der Waals surface area contributed by atoms with Crippen LogP contribution in [0.3, 0.4) is 0 Å². The predicted molar refractivity (Wildman–Crippen MR) is 98.3 cm³/mol. The van der Waals surface area contributed by atoms with Gasteiger partial charge in [-0.15, -0.1) is 0 Å². The molecular weight excluding hydrogens is 298 g/mol. The van der Waals surface area contributed by atoms with Gasteiger partial charge in [0.2, 0.25) is 5.91 Å². The van der Waals surface area contributed by atoms with Crippen LogP contribution in [0.15, 0.2) is 60.7 Å². The van der Waals surface area contributed by atoms with Gasteiger partial charge < -0.3 is 16.0 Å². The Morgan fingerprint density at radius 1 is 1.08 bits per heavy atom. The zero-order valence-electron chi connectivity index (χ0n) is 14.5. The van der Waals surface area contributed by atoms with E-state index in [9.17, 15) is 4.79 Å². The zero-order valence-corrected chi connectivity index (χ0v) is 14.5. The molecule has 0 saturated carbocycles. The van der Waals surface area contributed by atoms with E-state index in [1.54, 1.807) is 0 Å². The molecule has 2 aromatic carbocycles. The molecule has 0 spiro atoms. The molecule has 0 aliphatic heterocycles. The minimum absolute atomic E-state index is 0.000496. The van der Waals surface area contributed by atoms with Gasteiger partial charge in [-0.1, -0.05) is 67.6 Å². The number of hydrogen-bond donors (Lipinski definition) is 2. The summed E-state index contributed by atoms with van der Waals surface area (Å²) in [5.74, 6) is -0.258. The van der Waals surface area contributed by atoms with Gasteiger partial charge in [0, 0.05) is 25.7 Å². The molecule has 0 bridgehead atoms. The van der Waals surface area contributed by atoms with Crippen molar-refractivity contribution >= 4 is 5.91 Å². The normalized spacial score (nSPS) is 13.5. The van der Waals surface area contributed by atoms with Crippen LogP contribution in [-0.4, -0.2) is 30.9 Å². The van der Waals surface area contributed by atoms with Crippen molar-refractivity contribution in [2.75, 3.05) is 20.1 Å². The third-order valence-electron chi connectivity index (χ3n) is 4.22. The lowest BCUT2D eigenvalue weighted by Crippen LogP contribution is -2.39. The number of nitrogens with one attached hydrogen (secondary N) is 1. The molecule has 24 heavy (non-hydrogen) atoms. The van der Waals surface area contributed by atoms with Crippen molar-refractivity contribution in [3.8, 4) is 0 Å². The van der Waals surface area contributed by atoms with E-state index in [0.717, 1.165) is 18.7 Å². The first kappa shape index (κ1) is 18.2. The highest BCUT2D eigenvalue weighted by atomic mass is 16.1. The van der Waals surface area contributed by atoms with E-state index in [-0.39, 0.29) is 17.9 Å². The molecule has 1 amide bonds. The molecular formula is C20H27N3O. The number of likely N-dealkylation sites (N-methyl/N-ethyl adjacent to an activating group) is 1. The van der Waals surface area contributed by atoms with E-state index in [4.69, 9.17) is 5.73 Å². The van der Waals surface area contributed by atoms with E-state index < -0.39 is 0 Å². The van der Waals surface area contributed by atoms with Gasteiger partial charge >= 0.3 is 0 Å². The molecule has 3 N–H and O–H groups in total. The molecule has 2 unspecified atom stereocenters. The van der Waals surface area contributed by atoms with Crippen LogP contribution in [0, 0.1) is 5.92 Å². The minimum Gasteiger partial charge on any atom is -0.355 e. The summed E-state index contributed by atoms with van der Waals surface area (Å²) in [6, 6.07) is 19.8. The maximum atomic E-state index is 12.3. The van der Waals surface area contributed by atoms with Gasteiger partial charge in [0.05, 0.1) is 5.92 Å². The number of rotatable bonds is 8. The van der Waals surface area contributed by atoms with Crippen LogP contribution < -0.4 is 11.1 Å². The van der Waals surface area contributed by atoms with Crippen LogP contribution in [-0.2, 0) is 11.3 Å². The summed E-state index contributed by atoms with van der Waals surface area (Å²) in [6.45, 7) is 4.17. The summed E-state index contributed by atoms with van der Waals surface area (Å²) in [4.78, 5) is 14.5. The summed E-state index contributed by atoms with van der Waals surface area (Å²) in [7, 11) is 2.05. The van der Waals surface area contributed by atoms with E-state index >= 15 is 0 Å². The number of carbonyl (C=O) groups is 1. The van der Waals surface area contributed by atoms with Gasteiger partial charge in [0.1, 0.15) is 0 Å². The third-order valence-corrected chi connectivity index (χ3v) is 4.22. The highest BCUT2D eigenvalue weighted by molar-refractivity contribution is 5.79. The van der Waals surface area contributed by atoms with Crippen LogP contribution in [0.5, 0.6) is 0 Å². The van der Waals surface area contributed by atoms with Crippen molar-refractivity contribution in [3.05, 3.63) is 71.8 Å². The number of hydrogen-bond acceptors (Lipinski definition) is 3. The first-order chi connectivity index (χ1) is 11.6. The molecule has 0 heterocycles. The summed E-state index contributed by atoms with van der Waals surface area (Å²) in [5.41, 5.74) is 8.46. The minimum atomic E-state index is -0.284. The summed E-state index contributed by atoms with van der Waals surface area (Å²) in [5, 5.41) is 2.99. The lowest BCUT2D eigenvalue weighted by molar-refractivity contribution is -0.125. The first-order valence-corrected chi connectivity index (χ1v) is 8.38. The van der Waals surface area contributed by atoms with Crippen LogP contribution >= 0.6 is 0 Å². The Morgan fingerprint density at radius 3 is 2.29 bits per heavy atom. The van der Waals surface area contributed by atoms with Crippen LogP contribution in [0.2, 0.25) is 0 Å². The van der Waals surface area contributed by atoms with Crippen molar-refractivity contribution in [1.29, 1.82) is 0 Å². The van der Waals surface area contributed by atoms with Crippen LogP contribution in [0.25, 0.3) is 0 Å². The molecule has 0 aromatic heterocycles. The fraction of sp³-hybridized carbons (Fsp3) is 0.350. The Morgan fingerprint density at radius 2 is 1.67 bits per heavy atom.